The summed E-state index contributed by atoms with van der Waals surface area (Å²) in [5.74, 6) is -1.91. The Kier molecular flexibility index (Phi) is 10.7. The first kappa shape index (κ1) is 29.3. The monoisotopic (exact) mass is 469 g/mol. The lowest BCUT2D eigenvalue weighted by Gasteiger charge is -2.30. The van der Waals surface area contributed by atoms with Crippen molar-refractivity contribution in [1.29, 1.82) is 0 Å². The van der Waals surface area contributed by atoms with E-state index in [1.54, 1.807) is 62.3 Å². The van der Waals surface area contributed by atoms with Crippen LogP contribution in [0.15, 0.2) is 0 Å². The molecule has 12 heteroatoms. The molecule has 0 atom stereocenters. The Morgan fingerprint density at radius 1 is 0.871 bits per heavy atom. The smallest absolute Gasteiger partial charge is 0.478 e. The number of amides is 1. The van der Waals surface area contributed by atoms with E-state index in [0.29, 0.717) is 0 Å². The minimum absolute atomic E-state index is 0.237. The number of phosphoric ester groups is 1. The normalized spacial score (nSPS) is 12.9. The molecule has 0 aliphatic carbocycles. The molecule has 182 valence electrons. The summed E-state index contributed by atoms with van der Waals surface area (Å²) in [5, 5.41) is 9.01. The molecule has 0 aliphatic rings. The first-order valence-corrected chi connectivity index (χ1v) is 11.2. The van der Waals surface area contributed by atoms with Crippen molar-refractivity contribution in [3.63, 3.8) is 0 Å². The number of aliphatic carboxylic acids is 1. The number of rotatable bonds is 10. The number of carbonyl (C=O) groups is 3. The molecule has 1 N–H and O–H groups in total. The van der Waals surface area contributed by atoms with Gasteiger partial charge in [-0.25, -0.2) is 13.9 Å². The number of esters is 1. The number of hydrogen-bond donors (Lipinski definition) is 1. The number of hydrogen-bond acceptors (Lipinski definition) is 9. The zero-order valence-corrected chi connectivity index (χ0v) is 20.7. The lowest BCUT2D eigenvalue weighted by Crippen LogP contribution is -2.38. The van der Waals surface area contributed by atoms with Crippen molar-refractivity contribution >= 4 is 25.9 Å². The third-order valence-corrected chi connectivity index (χ3v) is 4.72. The number of ether oxygens (including phenoxy) is 2. The van der Waals surface area contributed by atoms with Crippen LogP contribution in [0.25, 0.3) is 0 Å². The zero-order valence-electron chi connectivity index (χ0n) is 19.8. The predicted molar refractivity (Wildman–Crippen MR) is 111 cm³/mol. The number of carbonyl (C=O) groups excluding carboxylic acids is 2. The van der Waals surface area contributed by atoms with Crippen molar-refractivity contribution in [2.24, 2.45) is 0 Å². The summed E-state index contributed by atoms with van der Waals surface area (Å²) in [6.07, 6.45) is -1.32. The molecule has 0 spiro atoms. The van der Waals surface area contributed by atoms with Gasteiger partial charge in [-0.2, -0.15) is 0 Å². The molecule has 0 aromatic rings. The van der Waals surface area contributed by atoms with Crippen molar-refractivity contribution in [3.8, 4) is 0 Å². The second-order valence-electron chi connectivity index (χ2n) is 9.66. The zero-order chi connectivity index (χ0) is 24.7. The van der Waals surface area contributed by atoms with E-state index in [-0.39, 0.29) is 13.0 Å². The summed E-state index contributed by atoms with van der Waals surface area (Å²) in [6.45, 7) is 13.1. The van der Waals surface area contributed by atoms with E-state index in [9.17, 15) is 18.9 Å². The van der Waals surface area contributed by atoms with Gasteiger partial charge in [0.2, 0.25) is 6.79 Å². The SMILES string of the molecule is CC(C)(C)OC(=O)CCN(CC(=O)O)C(=O)OCOP(=O)(OC(C)(C)C)OC(C)(C)C. The standard InChI is InChI=1S/C19H36NO10P/c1-17(2,3)28-15(23)10-11-20(12-14(21)22)16(24)26-13-27-31(25,29-18(4,5)6)30-19(7,8)9/h10-13H2,1-9H3,(H,21,22). The molecular formula is C19H36NO10P. The van der Waals surface area contributed by atoms with Gasteiger partial charge < -0.3 is 14.6 Å². The Hall–Kier alpha value is -1.68. The van der Waals surface area contributed by atoms with E-state index in [1.807, 2.05) is 0 Å². The fourth-order valence-corrected chi connectivity index (χ4v) is 3.66. The largest absolute Gasteiger partial charge is 0.480 e. The van der Waals surface area contributed by atoms with Crippen molar-refractivity contribution in [2.45, 2.75) is 85.5 Å². The molecule has 0 saturated carbocycles. The number of carboxylic acid groups (broad SMARTS) is 1. The first-order chi connectivity index (χ1) is 13.7. The highest BCUT2D eigenvalue weighted by molar-refractivity contribution is 7.48. The molecule has 0 fully saturated rings. The van der Waals surface area contributed by atoms with Crippen LogP contribution in [-0.4, -0.2) is 64.7 Å². The van der Waals surface area contributed by atoms with E-state index in [2.05, 4.69) is 0 Å². The quantitative estimate of drug-likeness (QED) is 0.284. The summed E-state index contributed by atoms with van der Waals surface area (Å²) in [5.41, 5.74) is -2.48. The third-order valence-electron chi connectivity index (χ3n) is 2.75. The minimum Gasteiger partial charge on any atom is -0.480 e. The van der Waals surface area contributed by atoms with Crippen LogP contribution in [0.1, 0.15) is 68.7 Å². The fraction of sp³-hybridized carbons (Fsp3) is 0.842. The van der Waals surface area contributed by atoms with Crippen molar-refractivity contribution in [3.05, 3.63) is 0 Å². The lowest BCUT2D eigenvalue weighted by atomic mass is 10.2. The Morgan fingerprint density at radius 3 is 1.74 bits per heavy atom. The molecule has 0 aliphatic heterocycles. The van der Waals surface area contributed by atoms with Gasteiger partial charge in [0.1, 0.15) is 12.1 Å². The van der Waals surface area contributed by atoms with E-state index < -0.39 is 56.0 Å². The average molecular weight is 469 g/mol. The van der Waals surface area contributed by atoms with E-state index in [1.165, 1.54) is 0 Å². The van der Waals surface area contributed by atoms with Crippen LogP contribution in [-0.2, 0) is 37.2 Å². The number of carboxylic acids is 1. The van der Waals surface area contributed by atoms with Crippen molar-refractivity contribution < 1.29 is 47.1 Å². The van der Waals surface area contributed by atoms with Gasteiger partial charge in [0.15, 0.2) is 0 Å². The summed E-state index contributed by atoms with van der Waals surface area (Å²) in [6, 6.07) is 0. The molecule has 0 heterocycles. The fourth-order valence-electron chi connectivity index (χ4n) is 1.99. The molecule has 0 radical (unpaired) electrons. The summed E-state index contributed by atoms with van der Waals surface area (Å²) < 4.78 is 38.8. The maximum atomic E-state index is 12.9. The molecule has 0 bridgehead atoms. The number of nitrogens with zero attached hydrogens (tertiary/aromatic N) is 1. The highest BCUT2D eigenvalue weighted by Crippen LogP contribution is 2.55. The van der Waals surface area contributed by atoms with Gasteiger partial charge in [0.25, 0.3) is 0 Å². The molecule has 1 amide bonds. The van der Waals surface area contributed by atoms with Gasteiger partial charge in [-0.05, 0) is 62.3 Å². The maximum Gasteiger partial charge on any atom is 0.478 e. The van der Waals surface area contributed by atoms with Crippen LogP contribution >= 0.6 is 7.82 Å². The molecular weight excluding hydrogens is 433 g/mol. The predicted octanol–water partition coefficient (Wildman–Crippen LogP) is 3.95. The highest BCUT2D eigenvalue weighted by atomic mass is 31.2. The Bertz CT molecular complexity index is 653. The molecule has 31 heavy (non-hydrogen) atoms. The minimum atomic E-state index is -4.12. The molecule has 0 aromatic heterocycles. The third kappa shape index (κ3) is 15.7. The topological polar surface area (TPSA) is 138 Å². The van der Waals surface area contributed by atoms with Crippen LogP contribution in [0.4, 0.5) is 4.79 Å². The van der Waals surface area contributed by atoms with Gasteiger partial charge in [-0.1, -0.05) is 0 Å². The summed E-state index contributed by atoms with van der Waals surface area (Å²) >= 11 is 0. The second-order valence-corrected chi connectivity index (χ2v) is 11.2. The highest BCUT2D eigenvalue weighted by Gasteiger charge is 2.37. The summed E-state index contributed by atoms with van der Waals surface area (Å²) in [7, 11) is -4.12. The molecule has 0 saturated heterocycles. The van der Waals surface area contributed by atoms with Crippen LogP contribution in [0.3, 0.4) is 0 Å². The van der Waals surface area contributed by atoms with Gasteiger partial charge in [-0.15, -0.1) is 0 Å². The molecule has 0 unspecified atom stereocenters. The Balaban J connectivity index is 5.02. The van der Waals surface area contributed by atoms with Gasteiger partial charge in [-0.3, -0.25) is 23.5 Å². The van der Waals surface area contributed by atoms with Crippen molar-refractivity contribution in [1.82, 2.24) is 4.90 Å². The maximum absolute atomic E-state index is 12.9. The van der Waals surface area contributed by atoms with Crippen LogP contribution < -0.4 is 0 Å². The van der Waals surface area contributed by atoms with E-state index in [0.717, 1.165) is 4.90 Å². The lowest BCUT2D eigenvalue weighted by molar-refractivity contribution is -0.155. The van der Waals surface area contributed by atoms with Gasteiger partial charge in [0.05, 0.1) is 17.6 Å². The van der Waals surface area contributed by atoms with Crippen molar-refractivity contribution in [2.75, 3.05) is 19.9 Å². The van der Waals surface area contributed by atoms with Gasteiger partial charge in [0, 0.05) is 6.54 Å². The number of phosphoric acid groups is 1. The first-order valence-electron chi connectivity index (χ1n) is 9.73. The average Bonchev–Trinajstić information content (AvgIpc) is 2.44. The Labute approximate surface area is 183 Å². The van der Waals surface area contributed by atoms with E-state index in [4.69, 9.17) is 28.2 Å². The van der Waals surface area contributed by atoms with Crippen LogP contribution in [0.5, 0.6) is 0 Å². The Morgan fingerprint density at radius 2 is 1.35 bits per heavy atom. The molecule has 0 rings (SSSR count). The molecule has 11 nitrogen and oxygen atoms in total. The molecule has 0 aromatic carbocycles. The van der Waals surface area contributed by atoms with Gasteiger partial charge >= 0.3 is 25.9 Å². The summed E-state index contributed by atoms with van der Waals surface area (Å²) in [4.78, 5) is 35.9. The van der Waals surface area contributed by atoms with E-state index >= 15 is 0 Å². The van der Waals surface area contributed by atoms with Crippen LogP contribution in [0.2, 0.25) is 0 Å². The second kappa shape index (κ2) is 11.3. The van der Waals surface area contributed by atoms with Crippen LogP contribution in [0, 0.1) is 0 Å².